The van der Waals surface area contributed by atoms with Crippen LogP contribution in [0.2, 0.25) is 0 Å². The molecule has 6 rings (SSSR count). The minimum Gasteiger partial charge on any atom is -0.415 e. The molecule has 1 amide bonds. The molecule has 0 atom stereocenters. The van der Waals surface area contributed by atoms with Gasteiger partial charge in [0.2, 0.25) is 0 Å². The molecule has 0 saturated heterocycles. The van der Waals surface area contributed by atoms with Crippen LogP contribution in [0.4, 0.5) is 9.59 Å². The van der Waals surface area contributed by atoms with E-state index in [-0.39, 0.29) is 13.5 Å². The highest BCUT2D eigenvalue weighted by Crippen LogP contribution is 2.24. The predicted octanol–water partition coefficient (Wildman–Crippen LogP) is 11.2. The summed E-state index contributed by atoms with van der Waals surface area (Å²) in [7, 11) is 0. The molecule has 264 valence electrons. The third-order valence-electron chi connectivity index (χ3n) is 7.57. The number of hydrogen-bond donors (Lipinski definition) is 1. The molecular weight excluding hydrogens is 770 g/mol. The SMILES string of the molecule is C.CCN(C(C)C)C(C)C.O=C(Cl)Oc1ccc(Br)cc1.O=C(Oc1ccc(Br)cc1)N1Cc2ccccc2C1.c1ccc2c(c1)CNC2. The zero-order valence-electron chi connectivity index (χ0n) is 28.1. The van der Waals surface area contributed by atoms with Crippen molar-refractivity contribution >= 4 is 55.0 Å². The number of ether oxygens (including phenoxy) is 2. The van der Waals surface area contributed by atoms with Gasteiger partial charge in [-0.2, -0.15) is 0 Å². The lowest BCUT2D eigenvalue weighted by molar-refractivity contribution is 0.152. The Morgan fingerprint density at radius 1 is 0.714 bits per heavy atom. The Labute approximate surface area is 314 Å². The first kappa shape index (κ1) is 42.0. The highest BCUT2D eigenvalue weighted by Gasteiger charge is 2.24. The maximum Gasteiger partial charge on any atom is 0.415 e. The van der Waals surface area contributed by atoms with Gasteiger partial charge in [0.25, 0.3) is 0 Å². The van der Waals surface area contributed by atoms with E-state index in [1.54, 1.807) is 41.3 Å². The summed E-state index contributed by atoms with van der Waals surface area (Å²) in [6.45, 7) is 15.7. The van der Waals surface area contributed by atoms with Crippen molar-refractivity contribution in [1.82, 2.24) is 15.1 Å². The molecule has 0 spiro atoms. The van der Waals surface area contributed by atoms with E-state index in [9.17, 15) is 9.59 Å². The van der Waals surface area contributed by atoms with Crippen LogP contribution >= 0.6 is 43.5 Å². The molecule has 10 heteroatoms. The van der Waals surface area contributed by atoms with Gasteiger partial charge in [0.05, 0.1) is 0 Å². The summed E-state index contributed by atoms with van der Waals surface area (Å²) in [5.41, 5.74) is 4.47. The lowest BCUT2D eigenvalue weighted by Crippen LogP contribution is -2.36. The first-order valence-corrected chi connectivity index (χ1v) is 17.9. The van der Waals surface area contributed by atoms with Gasteiger partial charge in [0.15, 0.2) is 0 Å². The summed E-state index contributed by atoms with van der Waals surface area (Å²) in [6.07, 6.45) is -0.307. The van der Waals surface area contributed by atoms with Crippen molar-refractivity contribution in [2.24, 2.45) is 0 Å². The largest absolute Gasteiger partial charge is 0.415 e. The quantitative estimate of drug-likeness (QED) is 0.202. The van der Waals surface area contributed by atoms with Gasteiger partial charge in [-0.1, -0.05) is 94.7 Å². The predicted molar refractivity (Wildman–Crippen MR) is 208 cm³/mol. The monoisotopic (exact) mass is 815 g/mol. The fourth-order valence-electron chi connectivity index (χ4n) is 5.29. The van der Waals surface area contributed by atoms with Gasteiger partial charge in [-0.05, 0) is 105 Å². The van der Waals surface area contributed by atoms with E-state index >= 15 is 0 Å². The average Bonchev–Trinajstić information content (AvgIpc) is 3.72. The number of rotatable bonds is 5. The van der Waals surface area contributed by atoms with Crippen molar-refractivity contribution in [3.63, 3.8) is 0 Å². The highest BCUT2D eigenvalue weighted by molar-refractivity contribution is 9.10. The molecule has 4 aromatic carbocycles. The average molecular weight is 818 g/mol. The third kappa shape index (κ3) is 14.7. The van der Waals surface area contributed by atoms with Crippen molar-refractivity contribution in [2.45, 2.75) is 80.3 Å². The van der Waals surface area contributed by atoms with Crippen LogP contribution in [0.5, 0.6) is 11.5 Å². The van der Waals surface area contributed by atoms with Crippen LogP contribution in [0.1, 0.15) is 64.3 Å². The molecule has 4 aromatic rings. The van der Waals surface area contributed by atoms with Crippen molar-refractivity contribution < 1.29 is 19.1 Å². The molecule has 2 aliphatic rings. The molecule has 0 unspecified atom stereocenters. The lowest BCUT2D eigenvalue weighted by atomic mass is 10.1. The van der Waals surface area contributed by atoms with Gasteiger partial charge >= 0.3 is 11.5 Å². The summed E-state index contributed by atoms with van der Waals surface area (Å²) in [4.78, 5) is 26.4. The van der Waals surface area contributed by atoms with Crippen LogP contribution in [0.3, 0.4) is 0 Å². The van der Waals surface area contributed by atoms with Crippen molar-refractivity contribution in [1.29, 1.82) is 0 Å². The lowest BCUT2D eigenvalue weighted by Gasteiger charge is -2.28. The van der Waals surface area contributed by atoms with Crippen LogP contribution in [0.25, 0.3) is 0 Å². The smallest absolute Gasteiger partial charge is 0.415 e. The van der Waals surface area contributed by atoms with Crippen molar-refractivity contribution in [3.05, 3.63) is 128 Å². The van der Waals surface area contributed by atoms with Crippen LogP contribution in [-0.4, -0.2) is 39.9 Å². The van der Waals surface area contributed by atoms with E-state index in [0.717, 1.165) is 28.6 Å². The van der Waals surface area contributed by atoms with Crippen LogP contribution < -0.4 is 14.8 Å². The number of fused-ring (bicyclic) bond motifs is 2. The van der Waals surface area contributed by atoms with E-state index in [4.69, 9.17) is 16.3 Å². The first-order chi connectivity index (χ1) is 23.0. The second-order valence-corrected chi connectivity index (χ2v) is 13.8. The molecule has 2 aliphatic heterocycles. The van der Waals surface area contributed by atoms with Crippen LogP contribution in [-0.2, 0) is 26.2 Å². The van der Waals surface area contributed by atoms with Gasteiger partial charge in [-0.25, -0.2) is 9.59 Å². The first-order valence-electron chi connectivity index (χ1n) is 15.9. The number of nitrogens with one attached hydrogen (secondary N) is 1. The number of hydrogen-bond acceptors (Lipinski definition) is 6. The normalized spacial score (nSPS) is 12.3. The Morgan fingerprint density at radius 2 is 1.10 bits per heavy atom. The second-order valence-electron chi connectivity index (χ2n) is 11.6. The Bertz CT molecular complexity index is 1530. The number of benzene rings is 4. The molecular formula is C39H48Br2ClN3O4. The van der Waals surface area contributed by atoms with Crippen LogP contribution in [0.15, 0.2) is 106 Å². The van der Waals surface area contributed by atoms with E-state index in [2.05, 4.69) is 106 Å². The van der Waals surface area contributed by atoms with Crippen LogP contribution in [0, 0.1) is 0 Å². The van der Waals surface area contributed by atoms with Gasteiger partial charge < -0.3 is 14.8 Å². The zero-order chi connectivity index (χ0) is 35.1. The number of halogens is 3. The van der Waals surface area contributed by atoms with E-state index in [1.165, 1.54) is 22.3 Å². The summed E-state index contributed by atoms with van der Waals surface area (Å²) in [5, 5.41) is 3.29. The van der Waals surface area contributed by atoms with Gasteiger partial charge in [0.1, 0.15) is 11.5 Å². The Balaban J connectivity index is 0.000000240. The molecule has 49 heavy (non-hydrogen) atoms. The summed E-state index contributed by atoms with van der Waals surface area (Å²) < 4.78 is 11.8. The standard InChI is InChI=1S/C15H12BrNO2.C8H9N.C8H19N.C7H4BrClO2.CH4/c16-13-5-7-14(8-6-13)19-15(18)17-9-11-3-1-2-4-12(11)10-17;1-2-4-8-6-9-5-7(8)3-1;1-6-9(7(2)3)8(4)5;8-5-1-3-6(4-2-5)11-7(9)10;/h1-8H,9-10H2;1-4,9H,5-6H2;7-8H,6H2,1-5H3;1-4H;1H4. The Hall–Kier alpha value is -3.21. The maximum absolute atomic E-state index is 12.1. The number of nitrogens with zero attached hydrogens (tertiary/aromatic N) is 2. The van der Waals surface area contributed by atoms with E-state index in [1.807, 2.05) is 36.4 Å². The zero-order valence-corrected chi connectivity index (χ0v) is 32.0. The molecule has 2 heterocycles. The summed E-state index contributed by atoms with van der Waals surface area (Å²) >= 11 is 11.6. The molecule has 1 N–H and O–H groups in total. The van der Waals surface area contributed by atoms with E-state index in [0.29, 0.717) is 36.7 Å². The van der Waals surface area contributed by atoms with Crippen molar-refractivity contribution in [3.8, 4) is 11.5 Å². The minimum absolute atomic E-state index is 0. The molecule has 0 fully saturated rings. The van der Waals surface area contributed by atoms with Gasteiger partial charge in [-0.3, -0.25) is 9.80 Å². The molecule has 0 aliphatic carbocycles. The summed E-state index contributed by atoms with van der Waals surface area (Å²) in [5.74, 6) is 0.998. The fraction of sp³-hybridized carbons (Fsp3) is 0.333. The number of amides is 1. The molecule has 0 radical (unpaired) electrons. The van der Waals surface area contributed by atoms with Gasteiger partial charge in [-0.15, -0.1) is 0 Å². The molecule has 0 bridgehead atoms. The highest BCUT2D eigenvalue weighted by atomic mass is 79.9. The molecule has 0 saturated carbocycles. The Kier molecular flexibility index (Phi) is 18.7. The maximum atomic E-state index is 12.1. The molecule has 0 aromatic heterocycles. The summed E-state index contributed by atoms with van der Waals surface area (Å²) in [6, 6.07) is 32.0. The van der Waals surface area contributed by atoms with E-state index < -0.39 is 5.43 Å². The molecule has 7 nitrogen and oxygen atoms in total. The minimum atomic E-state index is -0.827. The second kappa shape index (κ2) is 21.8. The number of carbonyl (C=O) groups excluding carboxylic acids is 2. The third-order valence-corrected chi connectivity index (χ3v) is 8.71. The van der Waals surface area contributed by atoms with Gasteiger partial charge in [0, 0.05) is 58.8 Å². The number of carbonyl (C=O) groups is 2. The fourth-order valence-corrected chi connectivity index (χ4v) is 5.90. The Morgan fingerprint density at radius 3 is 1.45 bits per heavy atom. The van der Waals surface area contributed by atoms with Crippen molar-refractivity contribution in [2.75, 3.05) is 6.54 Å². The topological polar surface area (TPSA) is 71.1 Å².